The number of hydrogen-bond donors (Lipinski definition) is 1. The lowest BCUT2D eigenvalue weighted by molar-refractivity contribution is -0.131. The maximum absolute atomic E-state index is 10.4. The van der Waals surface area contributed by atoms with Crippen LogP contribution in [0.3, 0.4) is 0 Å². The first kappa shape index (κ1) is 11.6. The van der Waals surface area contributed by atoms with Gasteiger partial charge in [0, 0.05) is 24.0 Å². The third-order valence-electron chi connectivity index (χ3n) is 2.47. The van der Waals surface area contributed by atoms with Crippen LogP contribution >= 0.6 is 0 Å². The number of carbonyl (C=O) groups is 1. The fourth-order valence-electron chi connectivity index (χ4n) is 1.73. The third kappa shape index (κ3) is 2.72. The standard InChI is InChI=1S/C12H17NO2/c1-4-7-13-9(2)8-11(10(13)3)5-6-12(14)15/h5-6,8H,4,7H2,1-3H3,(H,14,15). The summed E-state index contributed by atoms with van der Waals surface area (Å²) in [5, 5.41) is 8.55. The van der Waals surface area contributed by atoms with E-state index in [-0.39, 0.29) is 0 Å². The van der Waals surface area contributed by atoms with E-state index in [4.69, 9.17) is 5.11 Å². The van der Waals surface area contributed by atoms with E-state index >= 15 is 0 Å². The van der Waals surface area contributed by atoms with Gasteiger partial charge in [0.05, 0.1) is 0 Å². The van der Waals surface area contributed by atoms with Crippen molar-refractivity contribution in [2.75, 3.05) is 0 Å². The molecule has 1 aromatic heterocycles. The summed E-state index contributed by atoms with van der Waals surface area (Å²) in [6, 6.07) is 2.02. The monoisotopic (exact) mass is 207 g/mol. The molecule has 3 heteroatoms. The summed E-state index contributed by atoms with van der Waals surface area (Å²) in [6.07, 6.45) is 3.91. The average Bonchev–Trinajstić information content (AvgIpc) is 2.43. The summed E-state index contributed by atoms with van der Waals surface area (Å²) in [5.41, 5.74) is 3.30. The van der Waals surface area contributed by atoms with Gasteiger partial charge in [-0.2, -0.15) is 0 Å². The maximum Gasteiger partial charge on any atom is 0.328 e. The summed E-state index contributed by atoms with van der Waals surface area (Å²) in [5.74, 6) is -0.907. The Morgan fingerprint density at radius 1 is 1.53 bits per heavy atom. The van der Waals surface area contributed by atoms with Crippen LogP contribution < -0.4 is 0 Å². The van der Waals surface area contributed by atoms with Crippen molar-refractivity contribution in [3.05, 3.63) is 29.1 Å². The lowest BCUT2D eigenvalue weighted by Crippen LogP contribution is -2.01. The molecule has 0 aliphatic heterocycles. The highest BCUT2D eigenvalue weighted by Crippen LogP contribution is 2.16. The number of nitrogens with zero attached hydrogens (tertiary/aromatic N) is 1. The fourth-order valence-corrected chi connectivity index (χ4v) is 1.73. The van der Waals surface area contributed by atoms with Gasteiger partial charge < -0.3 is 9.67 Å². The van der Waals surface area contributed by atoms with Gasteiger partial charge >= 0.3 is 5.97 Å². The number of aromatic nitrogens is 1. The Hall–Kier alpha value is -1.51. The van der Waals surface area contributed by atoms with Gasteiger partial charge in [0.25, 0.3) is 0 Å². The van der Waals surface area contributed by atoms with Gasteiger partial charge in [-0.1, -0.05) is 6.92 Å². The van der Waals surface area contributed by atoms with Gasteiger partial charge in [0.2, 0.25) is 0 Å². The number of rotatable bonds is 4. The number of carboxylic acids is 1. The van der Waals surface area contributed by atoms with E-state index in [2.05, 4.69) is 11.5 Å². The fraction of sp³-hybridized carbons (Fsp3) is 0.417. The normalized spacial score (nSPS) is 11.1. The van der Waals surface area contributed by atoms with Gasteiger partial charge in [-0.25, -0.2) is 4.79 Å². The molecule has 1 heterocycles. The van der Waals surface area contributed by atoms with E-state index in [1.54, 1.807) is 6.08 Å². The van der Waals surface area contributed by atoms with Crippen molar-refractivity contribution in [3.8, 4) is 0 Å². The lowest BCUT2D eigenvalue weighted by Gasteiger charge is -2.06. The van der Waals surface area contributed by atoms with Crippen LogP contribution in [-0.2, 0) is 11.3 Å². The van der Waals surface area contributed by atoms with Gasteiger partial charge in [-0.05, 0) is 38.0 Å². The van der Waals surface area contributed by atoms with Crippen molar-refractivity contribution in [1.29, 1.82) is 0 Å². The Morgan fingerprint density at radius 3 is 2.73 bits per heavy atom. The molecule has 0 amide bonds. The van der Waals surface area contributed by atoms with Crippen molar-refractivity contribution in [2.45, 2.75) is 33.7 Å². The van der Waals surface area contributed by atoms with E-state index in [1.165, 1.54) is 11.8 Å². The van der Waals surface area contributed by atoms with Crippen molar-refractivity contribution in [3.63, 3.8) is 0 Å². The molecule has 15 heavy (non-hydrogen) atoms. The number of aliphatic carboxylic acids is 1. The molecule has 0 unspecified atom stereocenters. The topological polar surface area (TPSA) is 42.2 Å². The van der Waals surface area contributed by atoms with Crippen molar-refractivity contribution in [1.82, 2.24) is 4.57 Å². The molecule has 0 aromatic carbocycles. The highest BCUT2D eigenvalue weighted by molar-refractivity contribution is 5.85. The summed E-state index contributed by atoms with van der Waals surface area (Å²) in [4.78, 5) is 10.4. The smallest absolute Gasteiger partial charge is 0.328 e. The van der Waals surface area contributed by atoms with Crippen LogP contribution in [0.25, 0.3) is 6.08 Å². The van der Waals surface area contributed by atoms with E-state index in [1.807, 2.05) is 19.9 Å². The zero-order chi connectivity index (χ0) is 11.4. The summed E-state index contributed by atoms with van der Waals surface area (Å²) >= 11 is 0. The molecule has 3 nitrogen and oxygen atoms in total. The molecular formula is C12H17NO2. The van der Waals surface area contributed by atoms with E-state index in [0.717, 1.165) is 24.2 Å². The first-order chi connectivity index (χ1) is 7.06. The number of carboxylic acid groups (broad SMARTS) is 1. The number of aryl methyl sites for hydroxylation is 1. The minimum absolute atomic E-state index is 0.907. The molecule has 0 saturated heterocycles. The highest BCUT2D eigenvalue weighted by atomic mass is 16.4. The second-order valence-electron chi connectivity index (χ2n) is 3.65. The minimum atomic E-state index is -0.907. The van der Waals surface area contributed by atoms with E-state index in [9.17, 15) is 4.79 Å². The Balaban J connectivity index is 3.01. The average molecular weight is 207 g/mol. The quantitative estimate of drug-likeness (QED) is 0.771. The third-order valence-corrected chi connectivity index (χ3v) is 2.47. The van der Waals surface area contributed by atoms with Crippen LogP contribution in [0.15, 0.2) is 12.1 Å². The van der Waals surface area contributed by atoms with Crippen LogP contribution in [0.4, 0.5) is 0 Å². The number of hydrogen-bond acceptors (Lipinski definition) is 1. The largest absolute Gasteiger partial charge is 0.478 e. The molecule has 0 radical (unpaired) electrons. The first-order valence-corrected chi connectivity index (χ1v) is 5.14. The highest BCUT2D eigenvalue weighted by Gasteiger charge is 2.05. The lowest BCUT2D eigenvalue weighted by atomic mass is 10.2. The predicted molar refractivity (Wildman–Crippen MR) is 60.9 cm³/mol. The SMILES string of the molecule is CCCn1c(C)cc(C=CC(=O)O)c1C. The van der Waals surface area contributed by atoms with E-state index < -0.39 is 5.97 Å². The van der Waals surface area contributed by atoms with Crippen molar-refractivity contribution >= 4 is 12.0 Å². The Kier molecular flexibility index (Phi) is 3.72. The summed E-state index contributed by atoms with van der Waals surface area (Å²) in [6.45, 7) is 7.18. The second kappa shape index (κ2) is 4.82. The molecule has 0 aliphatic carbocycles. The molecule has 0 fully saturated rings. The first-order valence-electron chi connectivity index (χ1n) is 5.14. The van der Waals surface area contributed by atoms with E-state index in [0.29, 0.717) is 0 Å². The van der Waals surface area contributed by atoms with Crippen LogP contribution in [0.2, 0.25) is 0 Å². The zero-order valence-electron chi connectivity index (χ0n) is 9.45. The molecule has 0 spiro atoms. The summed E-state index contributed by atoms with van der Waals surface area (Å²) < 4.78 is 2.21. The molecular weight excluding hydrogens is 190 g/mol. The second-order valence-corrected chi connectivity index (χ2v) is 3.65. The van der Waals surface area contributed by atoms with Crippen LogP contribution in [0.1, 0.15) is 30.3 Å². The summed E-state index contributed by atoms with van der Waals surface area (Å²) in [7, 11) is 0. The molecule has 0 saturated carbocycles. The molecule has 0 atom stereocenters. The molecule has 1 aromatic rings. The molecule has 1 rings (SSSR count). The van der Waals surface area contributed by atoms with Gasteiger partial charge in [-0.3, -0.25) is 0 Å². The van der Waals surface area contributed by atoms with Crippen LogP contribution in [-0.4, -0.2) is 15.6 Å². The molecule has 82 valence electrons. The molecule has 1 N–H and O–H groups in total. The Labute approximate surface area is 90.0 Å². The zero-order valence-corrected chi connectivity index (χ0v) is 9.45. The van der Waals surface area contributed by atoms with Crippen molar-refractivity contribution in [2.24, 2.45) is 0 Å². The van der Waals surface area contributed by atoms with Crippen LogP contribution in [0, 0.1) is 13.8 Å². The van der Waals surface area contributed by atoms with Gasteiger partial charge in [-0.15, -0.1) is 0 Å². The maximum atomic E-state index is 10.4. The molecule has 0 aliphatic rings. The van der Waals surface area contributed by atoms with Crippen molar-refractivity contribution < 1.29 is 9.90 Å². The minimum Gasteiger partial charge on any atom is -0.478 e. The Bertz CT molecular complexity index is 389. The van der Waals surface area contributed by atoms with Crippen LogP contribution in [0.5, 0.6) is 0 Å². The van der Waals surface area contributed by atoms with Gasteiger partial charge in [0.1, 0.15) is 0 Å². The van der Waals surface area contributed by atoms with Gasteiger partial charge in [0.15, 0.2) is 0 Å². The predicted octanol–water partition coefficient (Wildman–Crippen LogP) is 2.61. The molecule has 0 bridgehead atoms. The Morgan fingerprint density at radius 2 is 2.20 bits per heavy atom.